The lowest BCUT2D eigenvalue weighted by molar-refractivity contribution is -0.141. The summed E-state index contributed by atoms with van der Waals surface area (Å²) in [6.07, 6.45) is 1.64. The molecular formula is C35H33FO10. The summed E-state index contributed by atoms with van der Waals surface area (Å²) in [7, 11) is 0. The molecule has 0 amide bonds. The van der Waals surface area contributed by atoms with Crippen LogP contribution in [0.3, 0.4) is 0 Å². The maximum absolute atomic E-state index is 13.0. The van der Waals surface area contributed by atoms with Crippen LogP contribution in [0.2, 0.25) is 0 Å². The van der Waals surface area contributed by atoms with Gasteiger partial charge in [0.15, 0.2) is 0 Å². The van der Waals surface area contributed by atoms with Crippen molar-refractivity contribution in [3.63, 3.8) is 0 Å². The van der Waals surface area contributed by atoms with Crippen LogP contribution in [0, 0.1) is 0 Å². The molecular weight excluding hydrogens is 599 g/mol. The largest absolute Gasteiger partial charge is 0.513 e. The molecule has 0 N–H and O–H groups in total. The molecule has 46 heavy (non-hydrogen) atoms. The summed E-state index contributed by atoms with van der Waals surface area (Å²) in [6, 6.07) is 17.2. The maximum atomic E-state index is 13.0. The Labute approximate surface area is 265 Å². The minimum Gasteiger partial charge on any atom is -0.493 e. The number of carbonyl (C=O) groups is 4. The monoisotopic (exact) mass is 632 g/mol. The SMILES string of the molecule is C=CC(=O)OCCCCOC(=O)Oc1ccc2c(c1)C(C)c1cc(C(=O)Oc3ccc(OCCCOC(=O)C(=C)F)cc3)ccc1-2. The molecule has 0 aliphatic heterocycles. The van der Waals surface area contributed by atoms with Gasteiger partial charge in [-0.05, 0) is 83.6 Å². The van der Waals surface area contributed by atoms with Gasteiger partial charge in [0.05, 0.1) is 32.0 Å². The molecule has 3 aromatic rings. The van der Waals surface area contributed by atoms with E-state index >= 15 is 0 Å². The Morgan fingerprint density at radius 3 is 2.04 bits per heavy atom. The predicted molar refractivity (Wildman–Crippen MR) is 164 cm³/mol. The summed E-state index contributed by atoms with van der Waals surface area (Å²) in [6.45, 7) is 8.75. The third-order valence-electron chi connectivity index (χ3n) is 6.95. The van der Waals surface area contributed by atoms with Crippen molar-refractivity contribution in [1.29, 1.82) is 0 Å². The molecule has 0 saturated heterocycles. The molecule has 0 saturated carbocycles. The number of rotatable bonds is 15. The summed E-state index contributed by atoms with van der Waals surface area (Å²) >= 11 is 0. The highest BCUT2D eigenvalue weighted by atomic mass is 19.1. The van der Waals surface area contributed by atoms with E-state index in [2.05, 4.69) is 17.9 Å². The third kappa shape index (κ3) is 9.04. The number of hydrogen-bond acceptors (Lipinski definition) is 10. The lowest BCUT2D eigenvalue weighted by Gasteiger charge is -2.10. The fraction of sp³-hybridized carbons (Fsp3) is 0.257. The maximum Gasteiger partial charge on any atom is 0.513 e. The van der Waals surface area contributed by atoms with Crippen molar-refractivity contribution in [3.05, 3.63) is 102 Å². The van der Waals surface area contributed by atoms with Crippen molar-refractivity contribution in [1.82, 2.24) is 0 Å². The molecule has 1 aliphatic carbocycles. The topological polar surface area (TPSA) is 124 Å². The van der Waals surface area contributed by atoms with Crippen LogP contribution in [0.1, 0.15) is 53.6 Å². The van der Waals surface area contributed by atoms with Gasteiger partial charge in [0.2, 0.25) is 5.83 Å². The van der Waals surface area contributed by atoms with Crippen LogP contribution in [0.5, 0.6) is 17.2 Å². The third-order valence-corrected chi connectivity index (χ3v) is 6.95. The summed E-state index contributed by atoms with van der Waals surface area (Å²) in [5.41, 5.74) is 4.20. The second kappa shape index (κ2) is 16.0. The number of fused-ring (bicyclic) bond motifs is 3. The van der Waals surface area contributed by atoms with Crippen molar-refractivity contribution in [2.24, 2.45) is 0 Å². The summed E-state index contributed by atoms with van der Waals surface area (Å²) < 4.78 is 43.7. The molecule has 0 bridgehead atoms. The van der Waals surface area contributed by atoms with E-state index in [-0.39, 0.29) is 32.3 Å². The first kappa shape index (κ1) is 33.4. The Bertz CT molecular complexity index is 1610. The molecule has 0 aromatic heterocycles. The van der Waals surface area contributed by atoms with Gasteiger partial charge in [-0.25, -0.2) is 19.2 Å². The van der Waals surface area contributed by atoms with Gasteiger partial charge in [0, 0.05) is 18.4 Å². The van der Waals surface area contributed by atoms with Gasteiger partial charge >= 0.3 is 24.1 Å². The van der Waals surface area contributed by atoms with Crippen molar-refractivity contribution in [3.8, 4) is 28.4 Å². The van der Waals surface area contributed by atoms with E-state index in [1.165, 1.54) is 0 Å². The number of hydrogen-bond donors (Lipinski definition) is 0. The van der Waals surface area contributed by atoms with Gasteiger partial charge in [-0.15, -0.1) is 0 Å². The zero-order chi connectivity index (χ0) is 33.1. The van der Waals surface area contributed by atoms with Gasteiger partial charge in [-0.1, -0.05) is 32.2 Å². The van der Waals surface area contributed by atoms with Crippen LogP contribution >= 0.6 is 0 Å². The van der Waals surface area contributed by atoms with Gasteiger partial charge < -0.3 is 28.4 Å². The molecule has 1 atom stereocenters. The normalized spacial score (nSPS) is 12.6. The van der Waals surface area contributed by atoms with E-state index in [1.807, 2.05) is 19.1 Å². The Kier molecular flexibility index (Phi) is 11.7. The number of esters is 3. The molecule has 3 aromatic carbocycles. The number of carbonyl (C=O) groups excluding carboxylic acids is 4. The van der Waals surface area contributed by atoms with Crippen LogP contribution in [0.15, 0.2) is 85.7 Å². The molecule has 0 spiro atoms. The van der Waals surface area contributed by atoms with Gasteiger partial charge in [0.25, 0.3) is 0 Å². The molecule has 1 unspecified atom stereocenters. The number of unbranched alkanes of at least 4 members (excludes halogenated alkanes) is 1. The standard InChI is InChI=1S/C35H33FO10/c1-4-32(37)42-16-5-6-17-44-35(40)46-27-13-15-29-28-14-8-24(20-30(28)22(2)31(29)21-27)34(39)45-26-11-9-25(10-12-26)41-18-7-19-43-33(38)23(3)36/h4,8-15,20-22H,1,3,5-7,16-19H2,2H3. The number of benzene rings is 3. The summed E-state index contributed by atoms with van der Waals surface area (Å²) in [5.74, 6) is -2.17. The highest BCUT2D eigenvalue weighted by Gasteiger charge is 2.27. The number of halogens is 1. The molecule has 0 heterocycles. The Morgan fingerprint density at radius 2 is 1.35 bits per heavy atom. The number of ether oxygens (including phenoxy) is 6. The fourth-order valence-corrected chi connectivity index (χ4v) is 4.65. The van der Waals surface area contributed by atoms with Crippen molar-refractivity contribution < 1.29 is 52.0 Å². The summed E-state index contributed by atoms with van der Waals surface area (Å²) in [4.78, 5) is 47.2. The van der Waals surface area contributed by atoms with Gasteiger partial charge in [-0.3, -0.25) is 0 Å². The molecule has 0 radical (unpaired) electrons. The molecule has 240 valence electrons. The van der Waals surface area contributed by atoms with Gasteiger partial charge in [0.1, 0.15) is 17.2 Å². The first-order valence-electron chi connectivity index (χ1n) is 14.5. The zero-order valence-corrected chi connectivity index (χ0v) is 25.3. The van der Waals surface area contributed by atoms with Crippen molar-refractivity contribution in [2.45, 2.75) is 32.1 Å². The van der Waals surface area contributed by atoms with E-state index in [0.29, 0.717) is 42.1 Å². The lowest BCUT2D eigenvalue weighted by Crippen LogP contribution is -2.12. The Balaban J connectivity index is 1.26. The lowest BCUT2D eigenvalue weighted by atomic mass is 9.98. The van der Waals surface area contributed by atoms with Crippen molar-refractivity contribution in [2.75, 3.05) is 26.4 Å². The van der Waals surface area contributed by atoms with Crippen LogP contribution in [-0.4, -0.2) is 50.5 Å². The van der Waals surface area contributed by atoms with Crippen molar-refractivity contribution >= 4 is 24.1 Å². The van der Waals surface area contributed by atoms with E-state index < -0.39 is 29.9 Å². The quantitative estimate of drug-likeness (QED) is 0.0438. The van der Waals surface area contributed by atoms with E-state index in [9.17, 15) is 23.6 Å². The summed E-state index contributed by atoms with van der Waals surface area (Å²) in [5, 5.41) is 0. The van der Waals surface area contributed by atoms with Crippen LogP contribution in [0.4, 0.5) is 9.18 Å². The molecule has 4 rings (SSSR count). The average molecular weight is 633 g/mol. The minimum absolute atomic E-state index is 0.00811. The highest BCUT2D eigenvalue weighted by molar-refractivity contribution is 5.93. The molecule has 0 fully saturated rings. The predicted octanol–water partition coefficient (Wildman–Crippen LogP) is 6.86. The Morgan fingerprint density at radius 1 is 0.739 bits per heavy atom. The van der Waals surface area contributed by atoms with E-state index in [0.717, 1.165) is 28.3 Å². The molecule has 10 nitrogen and oxygen atoms in total. The van der Waals surface area contributed by atoms with Gasteiger partial charge in [-0.2, -0.15) is 4.39 Å². The van der Waals surface area contributed by atoms with Crippen LogP contribution < -0.4 is 14.2 Å². The molecule has 11 heteroatoms. The second-order valence-electron chi connectivity index (χ2n) is 10.2. The first-order chi connectivity index (χ1) is 22.2. The first-order valence-corrected chi connectivity index (χ1v) is 14.5. The van der Waals surface area contributed by atoms with E-state index in [1.54, 1.807) is 48.5 Å². The smallest absolute Gasteiger partial charge is 0.493 e. The second-order valence-corrected chi connectivity index (χ2v) is 10.2. The Hall–Kier alpha value is -5.45. The van der Waals surface area contributed by atoms with E-state index in [4.69, 9.17) is 23.7 Å². The average Bonchev–Trinajstić information content (AvgIpc) is 3.33. The zero-order valence-electron chi connectivity index (χ0n) is 25.3. The highest BCUT2D eigenvalue weighted by Crippen LogP contribution is 2.46. The van der Waals surface area contributed by atoms with Crippen LogP contribution in [-0.2, 0) is 23.8 Å². The molecule has 1 aliphatic rings. The minimum atomic E-state index is -1.15. The fourth-order valence-electron chi connectivity index (χ4n) is 4.65. The van der Waals surface area contributed by atoms with Crippen LogP contribution in [0.25, 0.3) is 11.1 Å².